The fourth-order valence-corrected chi connectivity index (χ4v) is 2.94. The van der Waals surface area contributed by atoms with Gasteiger partial charge in [0.2, 0.25) is 5.91 Å². The van der Waals surface area contributed by atoms with Gasteiger partial charge in [0.1, 0.15) is 24.2 Å². The van der Waals surface area contributed by atoms with Crippen molar-refractivity contribution in [2.24, 2.45) is 0 Å². The number of ketones is 1. The Kier molecular flexibility index (Phi) is 8.24. The van der Waals surface area contributed by atoms with Gasteiger partial charge >= 0.3 is 6.09 Å². The van der Waals surface area contributed by atoms with Crippen molar-refractivity contribution in [3.05, 3.63) is 63.2 Å². The molecule has 2 rings (SSSR count). The highest BCUT2D eigenvalue weighted by atomic mass is 127. The molecule has 0 fully saturated rings. The molecule has 28 heavy (non-hydrogen) atoms. The molecule has 0 saturated heterocycles. The van der Waals surface area contributed by atoms with Gasteiger partial charge in [0, 0.05) is 6.42 Å². The van der Waals surface area contributed by atoms with Gasteiger partial charge in [-0.05, 0) is 52.8 Å². The zero-order valence-electron chi connectivity index (χ0n) is 15.3. The summed E-state index contributed by atoms with van der Waals surface area (Å²) < 4.78 is 5.81. The molecule has 3 N–H and O–H groups in total. The Hall–Kier alpha value is -2.62. The number of carbonyl (C=O) groups excluding carboxylic acids is 3. The number of phenolic OH excluding ortho intramolecular Hbond substituents is 1. The van der Waals surface area contributed by atoms with E-state index >= 15 is 0 Å². The Morgan fingerprint density at radius 3 is 2.46 bits per heavy atom. The van der Waals surface area contributed by atoms with E-state index < -0.39 is 18.0 Å². The molecule has 0 aliphatic heterocycles. The molecule has 2 aromatic carbocycles. The van der Waals surface area contributed by atoms with Crippen molar-refractivity contribution in [1.29, 1.82) is 0 Å². The third-order valence-electron chi connectivity index (χ3n) is 3.78. The first-order valence-corrected chi connectivity index (χ1v) is 9.65. The molecule has 0 aliphatic carbocycles. The van der Waals surface area contributed by atoms with E-state index in [4.69, 9.17) is 4.74 Å². The predicted octanol–water partition coefficient (Wildman–Crippen LogP) is 2.54. The zero-order chi connectivity index (χ0) is 20.5. The molecule has 8 heteroatoms. The maximum absolute atomic E-state index is 12.4. The van der Waals surface area contributed by atoms with Crippen LogP contribution in [0, 0.1) is 3.57 Å². The molecule has 0 unspecified atom stereocenters. The molecule has 0 radical (unpaired) electrons. The van der Waals surface area contributed by atoms with Gasteiger partial charge in [0.05, 0.1) is 10.1 Å². The van der Waals surface area contributed by atoms with Crippen LogP contribution in [0.3, 0.4) is 0 Å². The monoisotopic (exact) mass is 496 g/mol. The molecule has 0 aromatic heterocycles. The van der Waals surface area contributed by atoms with Crippen LogP contribution in [0.4, 0.5) is 4.79 Å². The predicted molar refractivity (Wildman–Crippen MR) is 112 cm³/mol. The highest BCUT2D eigenvalue weighted by molar-refractivity contribution is 14.1. The number of amides is 2. The Labute approximate surface area is 176 Å². The maximum Gasteiger partial charge on any atom is 0.408 e. The van der Waals surface area contributed by atoms with Crippen molar-refractivity contribution in [3.63, 3.8) is 0 Å². The zero-order valence-corrected chi connectivity index (χ0v) is 17.4. The lowest BCUT2D eigenvalue weighted by Gasteiger charge is -2.18. The third-order valence-corrected chi connectivity index (χ3v) is 4.65. The van der Waals surface area contributed by atoms with Crippen molar-refractivity contribution >= 4 is 40.4 Å². The minimum Gasteiger partial charge on any atom is -0.507 e. The van der Waals surface area contributed by atoms with Crippen molar-refractivity contribution in [2.75, 3.05) is 6.54 Å². The molecule has 0 bridgehead atoms. The van der Waals surface area contributed by atoms with Crippen LogP contribution < -0.4 is 10.6 Å². The van der Waals surface area contributed by atoms with E-state index in [0.717, 1.165) is 11.1 Å². The fourth-order valence-electron chi connectivity index (χ4n) is 2.36. The lowest BCUT2D eigenvalue weighted by Crippen LogP contribution is -2.49. The van der Waals surface area contributed by atoms with Gasteiger partial charge in [0.15, 0.2) is 0 Å². The molecule has 2 aromatic rings. The number of carbonyl (C=O) groups is 3. The van der Waals surface area contributed by atoms with E-state index in [1.165, 1.54) is 13.0 Å². The Bertz CT molecular complexity index is 842. The van der Waals surface area contributed by atoms with Gasteiger partial charge in [-0.1, -0.05) is 36.4 Å². The topological polar surface area (TPSA) is 105 Å². The van der Waals surface area contributed by atoms with Crippen molar-refractivity contribution in [2.45, 2.75) is 26.0 Å². The number of aromatic hydroxyl groups is 1. The molecule has 2 amide bonds. The average molecular weight is 496 g/mol. The van der Waals surface area contributed by atoms with Crippen LogP contribution in [0.15, 0.2) is 48.5 Å². The van der Waals surface area contributed by atoms with E-state index in [-0.39, 0.29) is 31.1 Å². The minimum atomic E-state index is -0.928. The van der Waals surface area contributed by atoms with Crippen LogP contribution in [0.1, 0.15) is 18.1 Å². The molecule has 0 spiro atoms. The molecule has 148 valence electrons. The van der Waals surface area contributed by atoms with Gasteiger partial charge in [-0.25, -0.2) is 4.79 Å². The molecular formula is C20H21IN2O5. The Balaban J connectivity index is 2.03. The van der Waals surface area contributed by atoms with Crippen LogP contribution in [0.5, 0.6) is 5.75 Å². The third kappa shape index (κ3) is 7.18. The first-order chi connectivity index (χ1) is 13.3. The van der Waals surface area contributed by atoms with Gasteiger partial charge in [-0.3, -0.25) is 9.59 Å². The SMILES string of the molecule is CC(=O)CNC(=O)[C@H](Cc1ccc(O)c(I)c1)NC(=O)OCc1ccccc1. The largest absolute Gasteiger partial charge is 0.507 e. The minimum absolute atomic E-state index is 0.0750. The summed E-state index contributed by atoms with van der Waals surface area (Å²) in [6, 6.07) is 13.2. The standard InChI is InChI=1S/C20H21IN2O5/c1-13(24)11-22-19(26)17(10-15-7-8-18(25)16(21)9-15)23-20(27)28-12-14-5-3-2-4-6-14/h2-9,17,25H,10-12H2,1H3,(H,22,26)(H,23,27)/t17-/m0/s1. The lowest BCUT2D eigenvalue weighted by atomic mass is 10.1. The summed E-state index contributed by atoms with van der Waals surface area (Å²) in [7, 11) is 0. The van der Waals surface area contributed by atoms with Crippen LogP contribution in [0.2, 0.25) is 0 Å². The van der Waals surface area contributed by atoms with Gasteiger partial charge in [0.25, 0.3) is 0 Å². The highest BCUT2D eigenvalue weighted by Gasteiger charge is 2.22. The van der Waals surface area contributed by atoms with Crippen LogP contribution in [-0.2, 0) is 27.4 Å². The second-order valence-electron chi connectivity index (χ2n) is 6.17. The van der Waals surface area contributed by atoms with E-state index in [1.54, 1.807) is 12.1 Å². The number of nitrogens with one attached hydrogen (secondary N) is 2. The number of benzene rings is 2. The second-order valence-corrected chi connectivity index (χ2v) is 7.33. The summed E-state index contributed by atoms with van der Waals surface area (Å²) in [4.78, 5) is 35.7. The molecule has 0 saturated carbocycles. The molecule has 7 nitrogen and oxygen atoms in total. The number of rotatable bonds is 8. The van der Waals surface area contributed by atoms with Crippen LogP contribution in [-0.4, -0.2) is 35.5 Å². The average Bonchev–Trinajstić information content (AvgIpc) is 2.67. The first kappa shape index (κ1) is 21.7. The van der Waals surface area contributed by atoms with E-state index in [1.807, 2.05) is 52.9 Å². The molecule has 0 heterocycles. The van der Waals surface area contributed by atoms with Crippen molar-refractivity contribution < 1.29 is 24.2 Å². The van der Waals surface area contributed by atoms with Crippen molar-refractivity contribution in [1.82, 2.24) is 10.6 Å². The highest BCUT2D eigenvalue weighted by Crippen LogP contribution is 2.21. The Morgan fingerprint density at radius 1 is 1.11 bits per heavy atom. The summed E-state index contributed by atoms with van der Waals surface area (Å²) in [5.74, 6) is -0.551. The quantitative estimate of drug-likeness (QED) is 0.488. The van der Waals surface area contributed by atoms with E-state index in [2.05, 4.69) is 10.6 Å². The second kappa shape index (κ2) is 10.6. The molecular weight excluding hydrogens is 475 g/mol. The molecule has 1 atom stereocenters. The van der Waals surface area contributed by atoms with Crippen LogP contribution >= 0.6 is 22.6 Å². The summed E-state index contributed by atoms with van der Waals surface area (Å²) in [6.45, 7) is 1.31. The number of alkyl carbamates (subject to hydrolysis) is 1. The maximum atomic E-state index is 12.4. The fraction of sp³-hybridized carbons (Fsp3) is 0.250. The number of halogens is 1. The summed E-state index contributed by atoms with van der Waals surface area (Å²) in [5.41, 5.74) is 1.57. The summed E-state index contributed by atoms with van der Waals surface area (Å²) in [6.07, 6.45) is -0.555. The summed E-state index contributed by atoms with van der Waals surface area (Å²) in [5, 5.41) is 14.7. The lowest BCUT2D eigenvalue weighted by molar-refractivity contribution is -0.125. The van der Waals surface area contributed by atoms with E-state index in [0.29, 0.717) is 3.57 Å². The van der Waals surface area contributed by atoms with Crippen molar-refractivity contribution in [3.8, 4) is 5.75 Å². The smallest absolute Gasteiger partial charge is 0.408 e. The summed E-state index contributed by atoms with van der Waals surface area (Å²) >= 11 is 1.98. The first-order valence-electron chi connectivity index (χ1n) is 8.57. The molecule has 0 aliphatic rings. The normalized spacial score (nSPS) is 11.4. The Morgan fingerprint density at radius 2 is 1.82 bits per heavy atom. The van der Waals surface area contributed by atoms with Crippen LogP contribution in [0.25, 0.3) is 0 Å². The van der Waals surface area contributed by atoms with E-state index in [9.17, 15) is 19.5 Å². The number of hydrogen-bond donors (Lipinski definition) is 3. The van der Waals surface area contributed by atoms with Gasteiger partial charge in [-0.2, -0.15) is 0 Å². The number of phenols is 1. The number of ether oxygens (including phenoxy) is 1. The number of hydrogen-bond acceptors (Lipinski definition) is 5. The number of Topliss-reactive ketones (excluding diaryl/α,β-unsaturated/α-hetero) is 1. The van der Waals surface area contributed by atoms with Gasteiger partial charge in [-0.15, -0.1) is 0 Å². The van der Waals surface area contributed by atoms with Gasteiger partial charge < -0.3 is 20.5 Å².